The Morgan fingerprint density at radius 2 is 1.07 bits per heavy atom. The topological polar surface area (TPSA) is 209 Å². The third-order valence-electron chi connectivity index (χ3n) is 7.20. The van der Waals surface area contributed by atoms with E-state index in [1.54, 1.807) is 65.8 Å². The Labute approximate surface area is 342 Å². The van der Waals surface area contributed by atoms with Crippen molar-refractivity contribution in [1.29, 1.82) is 0 Å². The van der Waals surface area contributed by atoms with Gasteiger partial charge in [-0.3, -0.25) is 14.0 Å². The number of aliphatic hydroxyl groups is 1. The maximum Gasteiger partial charge on any atom is 0.411 e. The molecule has 2 amide bonds. The summed E-state index contributed by atoms with van der Waals surface area (Å²) in [5.41, 5.74) is -1.40. The van der Waals surface area contributed by atoms with Crippen LogP contribution in [-0.2, 0) is 51.9 Å². The Kier molecular flexibility index (Phi) is 17.4. The lowest BCUT2D eigenvalue weighted by molar-refractivity contribution is -0.146. The van der Waals surface area contributed by atoms with Crippen LogP contribution in [0.15, 0.2) is 67.3 Å². The van der Waals surface area contributed by atoms with E-state index in [9.17, 15) is 41.1 Å². The zero-order valence-corrected chi connectivity index (χ0v) is 36.9. The van der Waals surface area contributed by atoms with Crippen molar-refractivity contribution < 1.29 is 64.3 Å². The van der Waals surface area contributed by atoms with Crippen molar-refractivity contribution in [1.82, 2.24) is 9.80 Å². The highest BCUT2D eigenvalue weighted by Crippen LogP contribution is 2.28. The quantitative estimate of drug-likeness (QED) is 0.162. The van der Waals surface area contributed by atoms with Gasteiger partial charge in [0.25, 0.3) is 19.2 Å². The molecule has 4 rings (SSSR count). The molecule has 0 bridgehead atoms. The first-order chi connectivity index (χ1) is 25.2. The predicted octanol–water partition coefficient (Wildman–Crippen LogP) is 5.61. The SMILES string of the molecule is COC(=O)[C@@H]1C[C@H](O)CN1C(=O)OC(C)(C)C.COC(=O)[C@@H]1C[C@H](OS(=O)(=O)c2ccc(Br)cc2)CN1C(=O)OC(C)(C)C.O=S(=O)(Cl)c1ccc(Br)cc1. The number of halogens is 3. The predicted molar refractivity (Wildman–Crippen MR) is 206 cm³/mol. The fraction of sp³-hybridized carbons (Fsp3) is 0.529. The van der Waals surface area contributed by atoms with Crippen molar-refractivity contribution in [2.45, 2.75) is 99.7 Å². The van der Waals surface area contributed by atoms with Crippen LogP contribution in [0.4, 0.5) is 9.59 Å². The van der Waals surface area contributed by atoms with Crippen LogP contribution in [0.5, 0.6) is 0 Å². The Morgan fingerprint density at radius 1 is 0.691 bits per heavy atom. The highest BCUT2D eigenvalue weighted by molar-refractivity contribution is 9.10. The van der Waals surface area contributed by atoms with Crippen LogP contribution in [0.2, 0.25) is 0 Å². The summed E-state index contributed by atoms with van der Waals surface area (Å²) in [6.45, 7) is 10.3. The number of hydrogen-bond acceptors (Lipinski definition) is 14. The molecular weight excluding hydrogens is 920 g/mol. The third-order valence-corrected chi connectivity index (χ3v) is 11.0. The summed E-state index contributed by atoms with van der Waals surface area (Å²) in [6, 6.07) is 10.3. The molecule has 0 unspecified atom stereocenters. The van der Waals surface area contributed by atoms with Crippen LogP contribution in [-0.4, -0.2) is 119 Å². The minimum absolute atomic E-state index is 0.0122. The van der Waals surface area contributed by atoms with Crippen molar-refractivity contribution in [3.05, 3.63) is 57.5 Å². The van der Waals surface area contributed by atoms with Gasteiger partial charge in [0, 0.05) is 32.5 Å². The van der Waals surface area contributed by atoms with Crippen molar-refractivity contribution in [3.8, 4) is 0 Å². The Morgan fingerprint density at radius 3 is 1.45 bits per heavy atom. The number of hydrogen-bond donors (Lipinski definition) is 1. The van der Waals surface area contributed by atoms with Gasteiger partial charge in [0.1, 0.15) is 23.3 Å². The fourth-order valence-corrected chi connectivity index (χ4v) is 7.25. The first kappa shape index (κ1) is 48.1. The lowest BCUT2D eigenvalue weighted by Crippen LogP contribution is -2.44. The van der Waals surface area contributed by atoms with E-state index in [0.29, 0.717) is 0 Å². The van der Waals surface area contributed by atoms with Gasteiger partial charge in [-0.1, -0.05) is 31.9 Å². The second-order valence-electron chi connectivity index (χ2n) is 14.0. The second-order valence-corrected chi connectivity index (χ2v) is 20.0. The average Bonchev–Trinajstić information content (AvgIpc) is 3.66. The normalized spacial score (nSPS) is 19.9. The number of ether oxygens (including phenoxy) is 4. The molecule has 2 aromatic rings. The molecule has 308 valence electrons. The van der Waals surface area contributed by atoms with E-state index in [2.05, 4.69) is 36.6 Å². The zero-order chi connectivity index (χ0) is 42.1. The minimum Gasteiger partial charge on any atom is -0.467 e. The van der Waals surface area contributed by atoms with Crippen molar-refractivity contribution in [2.75, 3.05) is 27.3 Å². The monoisotopic (exact) mass is 962 g/mol. The van der Waals surface area contributed by atoms with Crippen molar-refractivity contribution in [3.63, 3.8) is 0 Å². The molecule has 0 radical (unpaired) electrons. The molecule has 2 heterocycles. The molecule has 2 aliphatic heterocycles. The number of methoxy groups -OCH3 is 2. The van der Waals surface area contributed by atoms with Gasteiger partial charge in [-0.05, 0) is 90.1 Å². The van der Waals surface area contributed by atoms with Gasteiger partial charge in [0.05, 0.1) is 49.3 Å². The van der Waals surface area contributed by atoms with E-state index < -0.39 is 78.8 Å². The van der Waals surface area contributed by atoms with Gasteiger partial charge >= 0.3 is 24.1 Å². The first-order valence-corrected chi connectivity index (χ1v) is 21.7. The first-order valence-electron chi connectivity index (χ1n) is 16.4. The summed E-state index contributed by atoms with van der Waals surface area (Å²) in [5, 5.41) is 9.50. The number of rotatable bonds is 6. The van der Waals surface area contributed by atoms with Crippen LogP contribution in [0.3, 0.4) is 0 Å². The van der Waals surface area contributed by atoms with Gasteiger partial charge in [-0.15, -0.1) is 0 Å². The Hall–Kier alpha value is -3.01. The molecule has 0 spiro atoms. The van der Waals surface area contributed by atoms with Crippen LogP contribution in [0.25, 0.3) is 0 Å². The van der Waals surface area contributed by atoms with Crippen LogP contribution in [0, 0.1) is 0 Å². The summed E-state index contributed by atoms with van der Waals surface area (Å²) in [6.07, 6.45) is -2.77. The van der Waals surface area contributed by atoms with Crippen LogP contribution >= 0.6 is 42.5 Å². The summed E-state index contributed by atoms with van der Waals surface area (Å²) < 4.78 is 72.9. The fourth-order valence-electron chi connectivity index (χ4n) is 4.88. The van der Waals surface area contributed by atoms with Crippen LogP contribution < -0.4 is 0 Å². The molecule has 55 heavy (non-hydrogen) atoms. The largest absolute Gasteiger partial charge is 0.467 e. The number of carbonyl (C=O) groups excluding carboxylic acids is 4. The average molecular weight is 965 g/mol. The third kappa shape index (κ3) is 15.8. The summed E-state index contributed by atoms with van der Waals surface area (Å²) in [4.78, 5) is 50.2. The molecule has 4 atom stereocenters. The number of β-amino-alcohol motifs (C(OH)–C–C–N with tert-alkyl or cyclic N) is 1. The maximum absolute atomic E-state index is 12.5. The number of carbonyl (C=O) groups is 4. The molecule has 0 saturated carbocycles. The van der Waals surface area contributed by atoms with E-state index in [4.69, 9.17) is 29.1 Å². The smallest absolute Gasteiger partial charge is 0.411 e. The number of esters is 2. The number of aliphatic hydroxyl groups excluding tert-OH is 1. The van der Waals surface area contributed by atoms with Gasteiger partial charge in [-0.25, -0.2) is 27.6 Å². The molecule has 0 aliphatic carbocycles. The number of nitrogens with zero attached hydrogens (tertiary/aromatic N) is 2. The van der Waals surface area contributed by atoms with Gasteiger partial charge < -0.3 is 24.1 Å². The molecule has 1 N–H and O–H groups in total. The summed E-state index contributed by atoms with van der Waals surface area (Å²) >= 11 is 6.41. The van der Waals surface area contributed by atoms with E-state index in [1.165, 1.54) is 43.4 Å². The molecule has 0 aromatic heterocycles. The van der Waals surface area contributed by atoms with E-state index >= 15 is 0 Å². The number of benzene rings is 2. The van der Waals surface area contributed by atoms with E-state index in [1.807, 2.05) is 0 Å². The molecule has 2 aromatic carbocycles. The van der Waals surface area contributed by atoms with Gasteiger partial charge in [0.2, 0.25) is 0 Å². The molecule has 2 aliphatic rings. The lowest BCUT2D eigenvalue weighted by Gasteiger charge is -2.27. The highest BCUT2D eigenvalue weighted by atomic mass is 79.9. The van der Waals surface area contributed by atoms with Crippen molar-refractivity contribution >= 4 is 85.8 Å². The zero-order valence-electron chi connectivity index (χ0n) is 31.4. The number of amides is 2. The Balaban J connectivity index is 0.000000317. The molecule has 2 fully saturated rings. The lowest BCUT2D eigenvalue weighted by atomic mass is 10.2. The standard InChI is InChI=1S/C17H22BrNO7S.C11H19NO5.C6H4BrClO2S/c1-17(2,3)25-16(21)19-10-12(9-14(19)15(20)24-4)26-27(22,23)13-7-5-11(18)6-8-13;1-11(2,3)17-10(15)12-6-7(13)5-8(12)9(14)16-4;7-5-1-3-6(4-2-5)11(8,9)10/h5-8,12,14H,9-10H2,1-4H3;7-8,13H,5-6H2,1-4H3;1-4H/t12-,14-;7-,8-;/m00./s1. The summed E-state index contributed by atoms with van der Waals surface area (Å²) in [5.74, 6) is -1.19. The minimum atomic E-state index is -4.05. The van der Waals surface area contributed by atoms with E-state index in [-0.39, 0.29) is 35.7 Å². The van der Waals surface area contributed by atoms with Gasteiger partial charge in [0.15, 0.2) is 0 Å². The molecular formula is C34H45Br2ClN2O14S2. The maximum atomic E-state index is 12.5. The second kappa shape index (κ2) is 19.9. The van der Waals surface area contributed by atoms with Gasteiger partial charge in [-0.2, -0.15) is 8.42 Å². The highest BCUT2D eigenvalue weighted by Gasteiger charge is 2.45. The molecule has 16 nitrogen and oxygen atoms in total. The van der Waals surface area contributed by atoms with E-state index in [0.717, 1.165) is 13.8 Å². The van der Waals surface area contributed by atoms with Crippen LogP contribution in [0.1, 0.15) is 54.4 Å². The Bertz CT molecular complexity index is 1870. The molecule has 2 saturated heterocycles. The van der Waals surface area contributed by atoms with Crippen molar-refractivity contribution in [2.24, 2.45) is 0 Å². The molecule has 21 heteroatoms. The summed E-state index contributed by atoms with van der Waals surface area (Å²) in [7, 11) is -0.106. The number of likely N-dealkylation sites (tertiary alicyclic amines) is 2.